The minimum atomic E-state index is -0.778. The van der Waals surface area contributed by atoms with E-state index >= 15 is 0 Å². The van der Waals surface area contributed by atoms with E-state index in [1.54, 1.807) is 7.05 Å². The maximum absolute atomic E-state index is 11.0. The summed E-state index contributed by atoms with van der Waals surface area (Å²) in [4.78, 5) is 23.1. The first-order valence-electron chi connectivity index (χ1n) is 3.52. The van der Waals surface area contributed by atoms with Crippen LogP contribution in [0.3, 0.4) is 0 Å². The van der Waals surface area contributed by atoms with Gasteiger partial charge in [-0.05, 0) is 12.8 Å². The molecule has 0 aromatic rings. The third-order valence-corrected chi connectivity index (χ3v) is 1.77. The molecular formula is C7H11NO3. The summed E-state index contributed by atoms with van der Waals surface area (Å²) in [7, 11) is 2.83. The number of ether oxygens (including phenoxy) is 1. The zero-order valence-electron chi connectivity index (χ0n) is 6.66. The molecule has 0 aliphatic heterocycles. The van der Waals surface area contributed by atoms with Gasteiger partial charge in [-0.3, -0.25) is 4.79 Å². The molecule has 0 spiro atoms. The van der Waals surface area contributed by atoms with E-state index in [1.807, 2.05) is 0 Å². The van der Waals surface area contributed by atoms with Crippen LogP contribution in [0.1, 0.15) is 12.8 Å². The number of esters is 1. The van der Waals surface area contributed by atoms with Crippen molar-refractivity contribution in [1.82, 2.24) is 4.90 Å². The first-order valence-corrected chi connectivity index (χ1v) is 3.52. The molecule has 0 bridgehead atoms. The number of methoxy groups -OCH3 is 1. The van der Waals surface area contributed by atoms with Gasteiger partial charge >= 0.3 is 11.9 Å². The number of carbonyl (C=O) groups is 2. The Hall–Kier alpha value is -1.06. The van der Waals surface area contributed by atoms with Gasteiger partial charge in [0.25, 0.3) is 0 Å². The summed E-state index contributed by atoms with van der Waals surface area (Å²) < 4.78 is 4.28. The second kappa shape index (κ2) is 2.90. The van der Waals surface area contributed by atoms with Gasteiger partial charge < -0.3 is 9.64 Å². The van der Waals surface area contributed by atoms with Gasteiger partial charge in [0.1, 0.15) is 0 Å². The number of likely N-dealkylation sites (N-methyl/N-ethyl adjacent to an activating group) is 1. The summed E-state index contributed by atoms with van der Waals surface area (Å²) in [5, 5.41) is 0. The van der Waals surface area contributed by atoms with Crippen molar-refractivity contribution in [3.63, 3.8) is 0 Å². The quantitative estimate of drug-likeness (QED) is 0.390. The average Bonchev–Trinajstić information content (AvgIpc) is 2.82. The van der Waals surface area contributed by atoms with Crippen molar-refractivity contribution in [3.05, 3.63) is 0 Å². The van der Waals surface area contributed by atoms with E-state index in [0.29, 0.717) is 0 Å². The Bertz CT molecular complexity index is 186. The largest absolute Gasteiger partial charge is 0.462 e. The molecule has 0 radical (unpaired) electrons. The Kier molecular flexibility index (Phi) is 2.12. The number of carbonyl (C=O) groups excluding carboxylic acids is 2. The van der Waals surface area contributed by atoms with Crippen LogP contribution in [0.25, 0.3) is 0 Å². The molecule has 1 rings (SSSR count). The molecule has 0 atom stereocenters. The Balaban J connectivity index is 2.45. The molecule has 1 saturated carbocycles. The maximum atomic E-state index is 11.0. The van der Waals surface area contributed by atoms with E-state index in [-0.39, 0.29) is 6.04 Å². The van der Waals surface area contributed by atoms with E-state index in [1.165, 1.54) is 12.0 Å². The highest BCUT2D eigenvalue weighted by Crippen LogP contribution is 2.25. The standard InChI is InChI=1S/C7H11NO3/c1-8(5-3-4-5)6(9)7(10)11-2/h5H,3-4H2,1-2H3. The molecule has 0 aromatic carbocycles. The molecule has 0 saturated heterocycles. The fourth-order valence-corrected chi connectivity index (χ4v) is 0.859. The molecule has 0 heterocycles. The van der Waals surface area contributed by atoms with Crippen molar-refractivity contribution in [1.29, 1.82) is 0 Å². The summed E-state index contributed by atoms with van der Waals surface area (Å²) in [6.45, 7) is 0. The molecule has 62 valence electrons. The molecule has 4 nitrogen and oxygen atoms in total. The number of hydrogen-bond donors (Lipinski definition) is 0. The van der Waals surface area contributed by atoms with Crippen molar-refractivity contribution < 1.29 is 14.3 Å². The average molecular weight is 157 g/mol. The van der Waals surface area contributed by atoms with Crippen LogP contribution in [-0.4, -0.2) is 37.0 Å². The van der Waals surface area contributed by atoms with Crippen molar-refractivity contribution in [2.24, 2.45) is 0 Å². The normalized spacial score (nSPS) is 15.8. The summed E-state index contributed by atoms with van der Waals surface area (Å²) in [5.41, 5.74) is 0. The van der Waals surface area contributed by atoms with Crippen LogP contribution in [0.2, 0.25) is 0 Å². The first-order chi connectivity index (χ1) is 5.16. The zero-order chi connectivity index (χ0) is 8.43. The minimum absolute atomic E-state index is 0.265. The Morgan fingerprint density at radius 3 is 2.36 bits per heavy atom. The highest BCUT2D eigenvalue weighted by molar-refractivity contribution is 6.32. The summed E-state index contributed by atoms with van der Waals surface area (Å²) >= 11 is 0. The lowest BCUT2D eigenvalue weighted by Gasteiger charge is -2.13. The van der Waals surface area contributed by atoms with Crippen LogP contribution < -0.4 is 0 Å². The molecule has 1 amide bonds. The van der Waals surface area contributed by atoms with Crippen LogP contribution in [0.4, 0.5) is 0 Å². The minimum Gasteiger partial charge on any atom is -0.462 e. The van der Waals surface area contributed by atoms with Crippen molar-refractivity contribution in [3.8, 4) is 0 Å². The zero-order valence-corrected chi connectivity index (χ0v) is 6.66. The molecule has 1 aliphatic carbocycles. The van der Waals surface area contributed by atoms with Crippen LogP contribution >= 0.6 is 0 Å². The summed E-state index contributed by atoms with van der Waals surface area (Å²) in [6.07, 6.45) is 2.00. The predicted molar refractivity (Wildman–Crippen MR) is 37.8 cm³/mol. The van der Waals surface area contributed by atoms with E-state index in [0.717, 1.165) is 12.8 Å². The van der Waals surface area contributed by atoms with Gasteiger partial charge in [0.2, 0.25) is 0 Å². The third kappa shape index (κ3) is 1.69. The van der Waals surface area contributed by atoms with Crippen molar-refractivity contribution >= 4 is 11.9 Å². The van der Waals surface area contributed by atoms with E-state index < -0.39 is 11.9 Å². The van der Waals surface area contributed by atoms with E-state index in [2.05, 4.69) is 4.74 Å². The van der Waals surface area contributed by atoms with Gasteiger partial charge in [-0.25, -0.2) is 4.79 Å². The van der Waals surface area contributed by atoms with Crippen molar-refractivity contribution in [2.45, 2.75) is 18.9 Å². The maximum Gasteiger partial charge on any atom is 0.396 e. The SMILES string of the molecule is COC(=O)C(=O)N(C)C1CC1. The van der Waals surface area contributed by atoms with Gasteiger partial charge in [0.05, 0.1) is 7.11 Å². The lowest BCUT2D eigenvalue weighted by Crippen LogP contribution is -2.35. The topological polar surface area (TPSA) is 46.6 Å². The lowest BCUT2D eigenvalue weighted by molar-refractivity contribution is -0.157. The molecule has 1 fully saturated rings. The van der Waals surface area contributed by atoms with Gasteiger partial charge in [0.15, 0.2) is 0 Å². The van der Waals surface area contributed by atoms with E-state index in [4.69, 9.17) is 0 Å². The molecule has 0 unspecified atom stereocenters. The Morgan fingerprint density at radius 2 is 2.00 bits per heavy atom. The van der Waals surface area contributed by atoms with Gasteiger partial charge in [-0.2, -0.15) is 0 Å². The monoisotopic (exact) mass is 157 g/mol. The number of hydrogen-bond acceptors (Lipinski definition) is 3. The van der Waals surface area contributed by atoms with Gasteiger partial charge in [-0.1, -0.05) is 0 Å². The number of nitrogens with zero attached hydrogens (tertiary/aromatic N) is 1. The van der Waals surface area contributed by atoms with Gasteiger partial charge in [0, 0.05) is 13.1 Å². The molecule has 0 N–H and O–H groups in total. The van der Waals surface area contributed by atoms with Crippen molar-refractivity contribution in [2.75, 3.05) is 14.2 Å². The molecule has 0 aromatic heterocycles. The first kappa shape index (κ1) is 8.04. The smallest absolute Gasteiger partial charge is 0.396 e. The number of rotatable bonds is 1. The summed E-state index contributed by atoms with van der Waals surface area (Å²) in [6, 6.07) is 0.265. The van der Waals surface area contributed by atoms with Crippen LogP contribution in [0, 0.1) is 0 Å². The molecule has 4 heteroatoms. The second-order valence-electron chi connectivity index (χ2n) is 2.64. The van der Waals surface area contributed by atoms with Gasteiger partial charge in [-0.15, -0.1) is 0 Å². The van der Waals surface area contributed by atoms with Crippen LogP contribution in [0.5, 0.6) is 0 Å². The number of amides is 1. The fourth-order valence-electron chi connectivity index (χ4n) is 0.859. The summed E-state index contributed by atoms with van der Waals surface area (Å²) in [5.74, 6) is -1.32. The lowest BCUT2D eigenvalue weighted by atomic mass is 10.5. The molecule has 11 heavy (non-hydrogen) atoms. The van der Waals surface area contributed by atoms with Crippen LogP contribution in [0.15, 0.2) is 0 Å². The highest BCUT2D eigenvalue weighted by Gasteiger charge is 2.32. The molecule has 1 aliphatic rings. The van der Waals surface area contributed by atoms with Crippen LogP contribution in [-0.2, 0) is 14.3 Å². The Labute approximate surface area is 65.1 Å². The van der Waals surface area contributed by atoms with E-state index in [9.17, 15) is 9.59 Å². The third-order valence-electron chi connectivity index (χ3n) is 1.77. The Morgan fingerprint density at radius 1 is 1.45 bits per heavy atom. The highest BCUT2D eigenvalue weighted by atomic mass is 16.5. The molecular weight excluding hydrogens is 146 g/mol. The predicted octanol–water partition coefficient (Wildman–Crippen LogP) is -0.220. The fraction of sp³-hybridized carbons (Fsp3) is 0.714. The second-order valence-corrected chi connectivity index (χ2v) is 2.64.